The van der Waals surface area contributed by atoms with Gasteiger partial charge >= 0.3 is 0 Å². The van der Waals surface area contributed by atoms with Crippen LogP contribution in [0, 0.1) is 0 Å². The highest BCUT2D eigenvalue weighted by Gasteiger charge is 2.11. The minimum Gasteiger partial charge on any atom is -0.388 e. The number of ether oxygens (including phenoxy) is 1. The number of amides is 1. The van der Waals surface area contributed by atoms with E-state index in [9.17, 15) is 4.79 Å². The number of rotatable bonds is 6. The molecule has 0 spiro atoms. The van der Waals surface area contributed by atoms with Crippen molar-refractivity contribution in [1.29, 1.82) is 0 Å². The number of carbonyl (C=O) groups excluding carboxylic acids is 1. The van der Waals surface area contributed by atoms with E-state index >= 15 is 0 Å². The van der Waals surface area contributed by atoms with Crippen LogP contribution >= 0.6 is 0 Å². The largest absolute Gasteiger partial charge is 0.388 e. The average molecular weight is 236 g/mol. The molecule has 0 radical (unpaired) electrons. The van der Waals surface area contributed by atoms with E-state index in [1.807, 2.05) is 26.1 Å². The summed E-state index contributed by atoms with van der Waals surface area (Å²) in [6.45, 7) is 2.56. The smallest absolute Gasteiger partial charge is 0.251 e. The van der Waals surface area contributed by atoms with Gasteiger partial charge in [-0.1, -0.05) is 6.92 Å². The summed E-state index contributed by atoms with van der Waals surface area (Å²) in [6, 6.07) is 7.44. The average Bonchev–Trinajstić information content (AvgIpc) is 2.38. The summed E-state index contributed by atoms with van der Waals surface area (Å²) < 4.78 is 5.04. The summed E-state index contributed by atoms with van der Waals surface area (Å²) in [5, 5.41) is 5.95. The number of hydrogen-bond acceptors (Lipinski definition) is 3. The molecule has 94 valence electrons. The van der Waals surface area contributed by atoms with Gasteiger partial charge in [0.2, 0.25) is 0 Å². The van der Waals surface area contributed by atoms with Gasteiger partial charge in [0.25, 0.3) is 5.91 Å². The molecule has 0 saturated carbocycles. The van der Waals surface area contributed by atoms with E-state index in [1.165, 1.54) is 0 Å². The molecule has 0 aromatic heterocycles. The van der Waals surface area contributed by atoms with Crippen LogP contribution in [0.3, 0.4) is 0 Å². The van der Waals surface area contributed by atoms with E-state index in [1.54, 1.807) is 19.2 Å². The minimum absolute atomic E-state index is 0.0587. The maximum Gasteiger partial charge on any atom is 0.251 e. The first-order valence-corrected chi connectivity index (χ1v) is 5.78. The Labute approximate surface area is 102 Å². The molecule has 1 aromatic rings. The van der Waals surface area contributed by atoms with Crippen molar-refractivity contribution < 1.29 is 9.53 Å². The molecule has 0 aliphatic rings. The van der Waals surface area contributed by atoms with Crippen molar-refractivity contribution in [3.8, 4) is 0 Å². The first-order chi connectivity index (χ1) is 8.21. The second-order valence-corrected chi connectivity index (χ2v) is 3.86. The van der Waals surface area contributed by atoms with Crippen LogP contribution in [0.2, 0.25) is 0 Å². The van der Waals surface area contributed by atoms with Gasteiger partial charge in [-0.15, -0.1) is 0 Å². The van der Waals surface area contributed by atoms with Crippen LogP contribution in [-0.2, 0) is 4.74 Å². The van der Waals surface area contributed by atoms with Crippen LogP contribution in [0.15, 0.2) is 24.3 Å². The van der Waals surface area contributed by atoms with Crippen LogP contribution < -0.4 is 10.6 Å². The first kappa shape index (κ1) is 13.5. The molecule has 1 amide bonds. The first-order valence-electron chi connectivity index (χ1n) is 5.78. The molecular formula is C13H20N2O2. The Kier molecular flexibility index (Phi) is 5.49. The van der Waals surface area contributed by atoms with Gasteiger partial charge in [0, 0.05) is 25.4 Å². The van der Waals surface area contributed by atoms with Gasteiger partial charge in [-0.3, -0.25) is 4.79 Å². The number of methoxy groups -OCH3 is 1. The van der Waals surface area contributed by atoms with Crippen molar-refractivity contribution in [3.05, 3.63) is 29.8 Å². The summed E-state index contributed by atoms with van der Waals surface area (Å²) in [4.78, 5) is 11.9. The third-order valence-corrected chi connectivity index (χ3v) is 2.63. The lowest BCUT2D eigenvalue weighted by molar-refractivity contribution is 0.0894. The fraction of sp³-hybridized carbons (Fsp3) is 0.462. The standard InChI is InChI=1S/C13H20N2O2/c1-4-11(9-17-3)15-13(16)10-5-7-12(14-2)8-6-10/h5-8,11,14H,4,9H2,1-3H3,(H,15,16). The van der Waals surface area contributed by atoms with E-state index in [0.29, 0.717) is 12.2 Å². The van der Waals surface area contributed by atoms with Crippen molar-refractivity contribution in [2.24, 2.45) is 0 Å². The zero-order chi connectivity index (χ0) is 12.7. The Bertz CT molecular complexity index is 349. The van der Waals surface area contributed by atoms with Crippen LogP contribution in [0.5, 0.6) is 0 Å². The van der Waals surface area contributed by atoms with Gasteiger partial charge in [0.1, 0.15) is 0 Å². The molecule has 4 nitrogen and oxygen atoms in total. The van der Waals surface area contributed by atoms with Gasteiger partial charge < -0.3 is 15.4 Å². The highest BCUT2D eigenvalue weighted by Crippen LogP contribution is 2.08. The SMILES string of the molecule is CCC(COC)NC(=O)c1ccc(NC)cc1. The predicted octanol–water partition coefficient (Wildman–Crippen LogP) is 1.88. The van der Waals surface area contributed by atoms with Crippen molar-refractivity contribution in [1.82, 2.24) is 5.32 Å². The molecule has 17 heavy (non-hydrogen) atoms. The molecule has 1 atom stereocenters. The maximum atomic E-state index is 11.9. The quantitative estimate of drug-likeness (QED) is 0.793. The molecule has 0 aliphatic carbocycles. The van der Waals surface area contributed by atoms with Crippen molar-refractivity contribution in [2.45, 2.75) is 19.4 Å². The second kappa shape index (κ2) is 6.91. The van der Waals surface area contributed by atoms with E-state index in [-0.39, 0.29) is 11.9 Å². The van der Waals surface area contributed by atoms with E-state index < -0.39 is 0 Å². The second-order valence-electron chi connectivity index (χ2n) is 3.86. The van der Waals surface area contributed by atoms with Gasteiger partial charge in [-0.05, 0) is 30.7 Å². The number of hydrogen-bond donors (Lipinski definition) is 2. The maximum absolute atomic E-state index is 11.9. The van der Waals surface area contributed by atoms with Crippen molar-refractivity contribution >= 4 is 11.6 Å². The predicted molar refractivity (Wildman–Crippen MR) is 69.4 cm³/mol. The Balaban J connectivity index is 2.62. The number of nitrogens with one attached hydrogen (secondary N) is 2. The van der Waals surface area contributed by atoms with E-state index in [0.717, 1.165) is 12.1 Å². The molecule has 2 N–H and O–H groups in total. The third kappa shape index (κ3) is 4.07. The zero-order valence-corrected chi connectivity index (χ0v) is 10.6. The molecule has 0 aliphatic heterocycles. The fourth-order valence-corrected chi connectivity index (χ4v) is 1.52. The molecule has 0 saturated heterocycles. The lowest BCUT2D eigenvalue weighted by Crippen LogP contribution is -2.37. The van der Waals surface area contributed by atoms with Gasteiger partial charge in [-0.25, -0.2) is 0 Å². The van der Waals surface area contributed by atoms with Gasteiger partial charge in [0.15, 0.2) is 0 Å². The lowest BCUT2D eigenvalue weighted by Gasteiger charge is -2.15. The fourth-order valence-electron chi connectivity index (χ4n) is 1.52. The molecule has 0 heterocycles. The molecule has 1 aromatic carbocycles. The van der Waals surface area contributed by atoms with Gasteiger partial charge in [0.05, 0.1) is 12.6 Å². The highest BCUT2D eigenvalue weighted by molar-refractivity contribution is 5.94. The summed E-state index contributed by atoms with van der Waals surface area (Å²) in [5.74, 6) is -0.0587. The van der Waals surface area contributed by atoms with Crippen molar-refractivity contribution in [2.75, 3.05) is 26.1 Å². The van der Waals surface area contributed by atoms with E-state index in [4.69, 9.17) is 4.74 Å². The molecule has 1 unspecified atom stereocenters. The van der Waals surface area contributed by atoms with Crippen LogP contribution in [0.25, 0.3) is 0 Å². The topological polar surface area (TPSA) is 50.4 Å². The summed E-state index contributed by atoms with van der Waals surface area (Å²) in [7, 11) is 3.48. The highest BCUT2D eigenvalue weighted by atomic mass is 16.5. The number of carbonyl (C=O) groups is 1. The van der Waals surface area contributed by atoms with Gasteiger partial charge in [-0.2, -0.15) is 0 Å². The molecule has 0 fully saturated rings. The molecule has 4 heteroatoms. The Hall–Kier alpha value is -1.55. The van der Waals surface area contributed by atoms with E-state index in [2.05, 4.69) is 10.6 Å². The summed E-state index contributed by atoms with van der Waals surface area (Å²) >= 11 is 0. The molecule has 0 bridgehead atoms. The summed E-state index contributed by atoms with van der Waals surface area (Å²) in [5.41, 5.74) is 1.66. The van der Waals surface area contributed by atoms with Crippen LogP contribution in [0.1, 0.15) is 23.7 Å². The van der Waals surface area contributed by atoms with Crippen LogP contribution in [-0.4, -0.2) is 32.7 Å². The van der Waals surface area contributed by atoms with Crippen LogP contribution in [0.4, 0.5) is 5.69 Å². The zero-order valence-electron chi connectivity index (χ0n) is 10.6. The Morgan fingerprint density at radius 1 is 1.35 bits per heavy atom. The Morgan fingerprint density at radius 3 is 2.47 bits per heavy atom. The molecular weight excluding hydrogens is 216 g/mol. The number of anilines is 1. The number of benzene rings is 1. The normalized spacial score (nSPS) is 11.9. The minimum atomic E-state index is -0.0587. The lowest BCUT2D eigenvalue weighted by atomic mass is 10.1. The Morgan fingerprint density at radius 2 is 2.00 bits per heavy atom. The third-order valence-electron chi connectivity index (χ3n) is 2.63. The summed E-state index contributed by atoms with van der Waals surface area (Å²) in [6.07, 6.45) is 0.855. The molecule has 1 rings (SSSR count). The monoisotopic (exact) mass is 236 g/mol. The van der Waals surface area contributed by atoms with Crippen molar-refractivity contribution in [3.63, 3.8) is 0 Å².